The summed E-state index contributed by atoms with van der Waals surface area (Å²) in [6.07, 6.45) is 6.95. The van der Waals surface area contributed by atoms with Crippen LogP contribution < -0.4 is 0 Å². The Labute approximate surface area is 137 Å². The Kier molecular flexibility index (Phi) is 3.31. The molecule has 3 heterocycles. The molecule has 0 amide bonds. The molecule has 0 aliphatic heterocycles. The summed E-state index contributed by atoms with van der Waals surface area (Å²) in [5.74, 6) is 1.64. The first-order valence-electron chi connectivity index (χ1n) is 7.14. The molecule has 0 spiro atoms. The lowest BCUT2D eigenvalue weighted by Gasteiger charge is -2.07. The molecule has 23 heavy (non-hydrogen) atoms. The maximum Gasteiger partial charge on any atom is 0.163 e. The van der Waals surface area contributed by atoms with Crippen molar-refractivity contribution in [3.8, 4) is 5.82 Å². The number of benzene rings is 1. The van der Waals surface area contributed by atoms with Crippen LogP contribution in [0.25, 0.3) is 16.9 Å². The van der Waals surface area contributed by atoms with Crippen LogP contribution in [0.5, 0.6) is 0 Å². The van der Waals surface area contributed by atoms with E-state index in [4.69, 9.17) is 11.6 Å². The molecule has 4 aromatic rings. The van der Waals surface area contributed by atoms with E-state index in [1.165, 1.54) is 0 Å². The molecule has 0 atom stereocenters. The van der Waals surface area contributed by atoms with Gasteiger partial charge in [0.05, 0.1) is 18.1 Å². The molecule has 3 aromatic heterocycles. The molecule has 0 aliphatic rings. The first-order chi connectivity index (χ1) is 11.2. The van der Waals surface area contributed by atoms with Gasteiger partial charge in [-0.25, -0.2) is 19.6 Å². The average Bonchev–Trinajstić information content (AvgIpc) is 3.16. The zero-order valence-corrected chi connectivity index (χ0v) is 13.1. The second-order valence-corrected chi connectivity index (χ2v) is 5.58. The fourth-order valence-electron chi connectivity index (χ4n) is 2.58. The van der Waals surface area contributed by atoms with Crippen LogP contribution in [0, 0.1) is 6.92 Å². The van der Waals surface area contributed by atoms with Gasteiger partial charge in [-0.1, -0.05) is 29.8 Å². The molecule has 1 aromatic carbocycles. The van der Waals surface area contributed by atoms with Crippen molar-refractivity contribution in [2.75, 3.05) is 0 Å². The minimum Gasteiger partial charge on any atom is -0.287 e. The third-order valence-corrected chi connectivity index (χ3v) is 4.11. The predicted octanol–water partition coefficient (Wildman–Crippen LogP) is 3.02. The monoisotopic (exact) mass is 324 g/mol. The van der Waals surface area contributed by atoms with Gasteiger partial charge < -0.3 is 0 Å². The minimum atomic E-state index is 0.558. The van der Waals surface area contributed by atoms with Gasteiger partial charge in [0.1, 0.15) is 12.2 Å². The van der Waals surface area contributed by atoms with E-state index in [-0.39, 0.29) is 0 Å². The van der Waals surface area contributed by atoms with Gasteiger partial charge in [-0.3, -0.25) is 4.57 Å². The van der Waals surface area contributed by atoms with E-state index in [1.54, 1.807) is 18.7 Å². The SMILES string of the molecule is Cc1nccn1-c1ncnc2c1cnn2Cc1ccccc1Cl. The highest BCUT2D eigenvalue weighted by molar-refractivity contribution is 6.31. The van der Waals surface area contributed by atoms with Crippen molar-refractivity contribution < 1.29 is 0 Å². The highest BCUT2D eigenvalue weighted by Gasteiger charge is 2.13. The van der Waals surface area contributed by atoms with Crippen molar-refractivity contribution in [2.24, 2.45) is 0 Å². The number of rotatable bonds is 3. The van der Waals surface area contributed by atoms with Crippen molar-refractivity contribution in [3.05, 3.63) is 65.6 Å². The van der Waals surface area contributed by atoms with Crippen LogP contribution in [0.4, 0.5) is 0 Å². The molecule has 4 rings (SSSR count). The summed E-state index contributed by atoms with van der Waals surface area (Å²) < 4.78 is 3.75. The quantitative estimate of drug-likeness (QED) is 0.581. The van der Waals surface area contributed by atoms with Gasteiger partial charge in [0.25, 0.3) is 0 Å². The van der Waals surface area contributed by atoms with Crippen LogP contribution in [0.2, 0.25) is 5.02 Å². The van der Waals surface area contributed by atoms with Crippen molar-refractivity contribution >= 4 is 22.6 Å². The van der Waals surface area contributed by atoms with E-state index in [0.29, 0.717) is 6.54 Å². The first-order valence-corrected chi connectivity index (χ1v) is 7.52. The van der Waals surface area contributed by atoms with Crippen LogP contribution in [0.3, 0.4) is 0 Å². The van der Waals surface area contributed by atoms with Crippen LogP contribution >= 0.6 is 11.6 Å². The number of halogens is 1. The van der Waals surface area contributed by atoms with Crippen LogP contribution in [0.15, 0.2) is 49.2 Å². The van der Waals surface area contributed by atoms with E-state index in [2.05, 4.69) is 20.1 Å². The lowest BCUT2D eigenvalue weighted by atomic mass is 10.2. The molecular formula is C16H13ClN6. The summed E-state index contributed by atoms with van der Waals surface area (Å²) >= 11 is 6.24. The summed E-state index contributed by atoms with van der Waals surface area (Å²) in [5.41, 5.74) is 1.76. The number of aryl methyl sites for hydroxylation is 1. The molecule has 0 saturated heterocycles. The Hall–Kier alpha value is -2.73. The van der Waals surface area contributed by atoms with Gasteiger partial charge >= 0.3 is 0 Å². The Morgan fingerprint density at radius 2 is 2.00 bits per heavy atom. The zero-order valence-electron chi connectivity index (χ0n) is 12.4. The maximum absolute atomic E-state index is 6.24. The molecule has 114 valence electrons. The number of nitrogens with zero attached hydrogens (tertiary/aromatic N) is 6. The molecule has 0 unspecified atom stereocenters. The summed E-state index contributed by atoms with van der Waals surface area (Å²) in [4.78, 5) is 13.0. The van der Waals surface area contributed by atoms with Crippen LogP contribution in [-0.4, -0.2) is 29.3 Å². The van der Waals surface area contributed by atoms with E-state index in [0.717, 1.165) is 33.3 Å². The summed E-state index contributed by atoms with van der Waals surface area (Å²) in [5, 5.41) is 6.05. The van der Waals surface area contributed by atoms with Crippen LogP contribution in [-0.2, 0) is 6.54 Å². The normalized spacial score (nSPS) is 11.2. The molecule has 7 heteroatoms. The summed E-state index contributed by atoms with van der Waals surface area (Å²) in [6.45, 7) is 2.49. The Bertz CT molecular complexity index is 987. The van der Waals surface area contributed by atoms with Crippen LogP contribution in [0.1, 0.15) is 11.4 Å². The zero-order chi connectivity index (χ0) is 15.8. The van der Waals surface area contributed by atoms with Crippen molar-refractivity contribution in [1.82, 2.24) is 29.3 Å². The summed E-state index contributed by atoms with van der Waals surface area (Å²) in [6, 6.07) is 7.73. The van der Waals surface area contributed by atoms with Gasteiger partial charge in [-0.15, -0.1) is 0 Å². The smallest absolute Gasteiger partial charge is 0.163 e. The molecule has 0 bridgehead atoms. The average molecular weight is 325 g/mol. The van der Waals surface area contributed by atoms with Crippen molar-refractivity contribution in [2.45, 2.75) is 13.5 Å². The number of aromatic nitrogens is 6. The second kappa shape index (κ2) is 5.48. The van der Waals surface area contributed by atoms with E-state index in [1.807, 2.05) is 46.6 Å². The number of fused-ring (bicyclic) bond motifs is 1. The molecule has 0 fully saturated rings. The lowest BCUT2D eigenvalue weighted by molar-refractivity contribution is 0.703. The highest BCUT2D eigenvalue weighted by atomic mass is 35.5. The summed E-state index contributed by atoms with van der Waals surface area (Å²) in [7, 11) is 0. The molecule has 0 saturated carbocycles. The van der Waals surface area contributed by atoms with Gasteiger partial charge in [0.2, 0.25) is 0 Å². The lowest BCUT2D eigenvalue weighted by Crippen LogP contribution is -2.05. The fraction of sp³-hybridized carbons (Fsp3) is 0.125. The highest BCUT2D eigenvalue weighted by Crippen LogP contribution is 2.21. The van der Waals surface area contributed by atoms with E-state index in [9.17, 15) is 0 Å². The predicted molar refractivity (Wildman–Crippen MR) is 87.7 cm³/mol. The topological polar surface area (TPSA) is 61.4 Å². The maximum atomic E-state index is 6.24. The standard InChI is InChI=1S/C16H13ClN6/c1-11-18-6-7-22(11)15-13-8-21-23(16(13)20-10-19-15)9-12-4-2-3-5-14(12)17/h2-8,10H,9H2,1H3. The van der Waals surface area contributed by atoms with Gasteiger partial charge in [0, 0.05) is 17.4 Å². The second-order valence-electron chi connectivity index (χ2n) is 5.17. The third-order valence-electron chi connectivity index (χ3n) is 3.74. The fourth-order valence-corrected chi connectivity index (χ4v) is 2.77. The van der Waals surface area contributed by atoms with E-state index >= 15 is 0 Å². The van der Waals surface area contributed by atoms with Gasteiger partial charge in [0.15, 0.2) is 11.5 Å². The minimum absolute atomic E-state index is 0.558. The third kappa shape index (κ3) is 2.37. The Morgan fingerprint density at radius 1 is 1.13 bits per heavy atom. The van der Waals surface area contributed by atoms with Crippen molar-refractivity contribution in [3.63, 3.8) is 0 Å². The number of imidazole rings is 1. The molecule has 0 aliphatic carbocycles. The first kappa shape index (κ1) is 13.9. The molecule has 6 nitrogen and oxygen atoms in total. The molecule has 0 N–H and O–H groups in total. The Balaban J connectivity index is 1.82. The molecule has 0 radical (unpaired) electrons. The molecular weight excluding hydrogens is 312 g/mol. The van der Waals surface area contributed by atoms with E-state index < -0.39 is 0 Å². The number of hydrogen-bond donors (Lipinski definition) is 0. The largest absolute Gasteiger partial charge is 0.287 e. The number of hydrogen-bond acceptors (Lipinski definition) is 4. The Morgan fingerprint density at radius 3 is 2.78 bits per heavy atom. The van der Waals surface area contributed by atoms with Gasteiger partial charge in [-0.2, -0.15) is 5.10 Å². The van der Waals surface area contributed by atoms with Crippen molar-refractivity contribution in [1.29, 1.82) is 0 Å². The van der Waals surface area contributed by atoms with Gasteiger partial charge in [-0.05, 0) is 18.6 Å².